The summed E-state index contributed by atoms with van der Waals surface area (Å²) >= 11 is 6.86. The number of benzene rings is 1. The smallest absolute Gasteiger partial charge is 0.288 e. The predicted molar refractivity (Wildman–Crippen MR) is 70.3 cm³/mol. The number of nitro benzene ring substituents is 1. The van der Waals surface area contributed by atoms with Crippen LogP contribution in [0.4, 0.5) is 5.69 Å². The summed E-state index contributed by atoms with van der Waals surface area (Å²) in [5, 5.41) is 10.8. The number of nitro groups is 1. The molecule has 6 heteroatoms. The Bertz CT molecular complexity index is 474. The summed E-state index contributed by atoms with van der Waals surface area (Å²) in [6, 6.07) is 4.57. The van der Waals surface area contributed by atoms with Crippen LogP contribution >= 0.6 is 23.4 Å². The van der Waals surface area contributed by atoms with Gasteiger partial charge in [-0.3, -0.25) is 14.9 Å². The number of hydrogen-bond acceptors (Lipinski definition) is 4. The Kier molecular flexibility index (Phi) is 5.18. The maximum Gasteiger partial charge on any atom is 0.288 e. The van der Waals surface area contributed by atoms with Gasteiger partial charge in [-0.05, 0) is 11.6 Å². The molecule has 0 aliphatic carbocycles. The summed E-state index contributed by atoms with van der Waals surface area (Å²) in [7, 11) is 0. The fourth-order valence-corrected chi connectivity index (χ4v) is 1.74. The van der Waals surface area contributed by atoms with Crippen LogP contribution in [0.1, 0.15) is 12.5 Å². The van der Waals surface area contributed by atoms with Gasteiger partial charge in [-0.2, -0.15) is 0 Å². The zero-order valence-corrected chi connectivity index (χ0v) is 10.6. The molecule has 1 rings (SSSR count). The molecule has 0 heterocycles. The van der Waals surface area contributed by atoms with E-state index in [4.69, 9.17) is 11.6 Å². The quantitative estimate of drug-likeness (QED) is 0.621. The van der Waals surface area contributed by atoms with Crippen molar-refractivity contribution in [3.63, 3.8) is 0 Å². The lowest BCUT2D eigenvalue weighted by atomic mass is 10.2. The first kappa shape index (κ1) is 13.7. The van der Waals surface area contributed by atoms with Crippen molar-refractivity contribution < 1.29 is 9.72 Å². The number of rotatable bonds is 4. The molecule has 90 valence electrons. The maximum atomic E-state index is 10.7. The normalized spacial score (nSPS) is 10.7. The Morgan fingerprint density at radius 3 is 2.88 bits per heavy atom. The summed E-state index contributed by atoms with van der Waals surface area (Å²) in [6.45, 7) is 1.49. The molecule has 0 saturated heterocycles. The second-order valence-electron chi connectivity index (χ2n) is 3.17. The Morgan fingerprint density at radius 1 is 1.59 bits per heavy atom. The molecule has 0 saturated carbocycles. The zero-order chi connectivity index (χ0) is 12.8. The summed E-state index contributed by atoms with van der Waals surface area (Å²) in [5.41, 5.74) is 0.568. The molecular formula is C11H10ClNO3S. The summed E-state index contributed by atoms with van der Waals surface area (Å²) < 4.78 is 0. The van der Waals surface area contributed by atoms with Gasteiger partial charge in [0, 0.05) is 18.7 Å². The maximum absolute atomic E-state index is 10.7. The highest BCUT2D eigenvalue weighted by molar-refractivity contribution is 8.13. The molecule has 0 N–H and O–H groups in total. The van der Waals surface area contributed by atoms with E-state index in [1.807, 2.05) is 0 Å². The number of thioether (sulfide) groups is 1. The average molecular weight is 272 g/mol. The van der Waals surface area contributed by atoms with Gasteiger partial charge >= 0.3 is 0 Å². The first-order valence-electron chi connectivity index (χ1n) is 4.74. The molecule has 0 radical (unpaired) electrons. The van der Waals surface area contributed by atoms with Crippen molar-refractivity contribution in [3.8, 4) is 0 Å². The third-order valence-corrected chi connectivity index (χ3v) is 2.95. The SMILES string of the molecule is CC(=O)SCC=Cc1ccc(Cl)c([N+](=O)[O-])c1. The molecule has 17 heavy (non-hydrogen) atoms. The number of halogens is 1. The van der Waals surface area contributed by atoms with Crippen LogP contribution < -0.4 is 0 Å². The van der Waals surface area contributed by atoms with E-state index in [0.29, 0.717) is 11.3 Å². The molecule has 0 bridgehead atoms. The minimum atomic E-state index is -0.524. The largest absolute Gasteiger partial charge is 0.288 e. The molecule has 4 nitrogen and oxygen atoms in total. The fourth-order valence-electron chi connectivity index (χ4n) is 1.12. The lowest BCUT2D eigenvalue weighted by molar-refractivity contribution is -0.384. The van der Waals surface area contributed by atoms with Crippen LogP contribution in [0.3, 0.4) is 0 Å². The van der Waals surface area contributed by atoms with E-state index in [9.17, 15) is 14.9 Å². The van der Waals surface area contributed by atoms with Crippen LogP contribution in [0.15, 0.2) is 24.3 Å². The summed E-state index contributed by atoms with van der Waals surface area (Å²) in [6.07, 6.45) is 3.50. The van der Waals surface area contributed by atoms with E-state index in [1.165, 1.54) is 30.8 Å². The third kappa shape index (κ3) is 4.58. The number of hydrogen-bond donors (Lipinski definition) is 0. The van der Waals surface area contributed by atoms with Crippen LogP contribution in [0.25, 0.3) is 6.08 Å². The lowest BCUT2D eigenvalue weighted by Crippen LogP contribution is -1.89. The minimum absolute atomic E-state index is 0.0386. The predicted octanol–water partition coefficient (Wildman–Crippen LogP) is 3.54. The molecule has 0 fully saturated rings. The van der Waals surface area contributed by atoms with Gasteiger partial charge in [0.15, 0.2) is 5.12 Å². The monoisotopic (exact) mass is 271 g/mol. The van der Waals surface area contributed by atoms with Crippen LogP contribution in [-0.2, 0) is 4.79 Å². The van der Waals surface area contributed by atoms with Gasteiger partial charge in [0.05, 0.1) is 4.92 Å². The zero-order valence-electron chi connectivity index (χ0n) is 9.05. The van der Waals surface area contributed by atoms with Crippen molar-refractivity contribution in [2.75, 3.05) is 5.75 Å². The third-order valence-electron chi connectivity index (χ3n) is 1.86. The Balaban J connectivity index is 2.75. The highest BCUT2D eigenvalue weighted by atomic mass is 35.5. The van der Waals surface area contributed by atoms with Crippen molar-refractivity contribution in [3.05, 3.63) is 45.0 Å². The molecule has 1 aromatic rings. The lowest BCUT2D eigenvalue weighted by Gasteiger charge is -1.97. The molecule has 0 spiro atoms. The first-order chi connectivity index (χ1) is 8.00. The molecule has 0 atom stereocenters. The second-order valence-corrected chi connectivity index (χ2v) is 4.78. The summed E-state index contributed by atoms with van der Waals surface area (Å²) in [4.78, 5) is 20.8. The highest BCUT2D eigenvalue weighted by Crippen LogP contribution is 2.25. The van der Waals surface area contributed by atoms with Gasteiger partial charge in [0.1, 0.15) is 5.02 Å². The average Bonchev–Trinajstić information content (AvgIpc) is 2.25. The Hall–Kier alpha value is -1.33. The molecule has 0 amide bonds. The van der Waals surface area contributed by atoms with E-state index in [2.05, 4.69) is 0 Å². The Morgan fingerprint density at radius 2 is 2.29 bits per heavy atom. The fraction of sp³-hybridized carbons (Fsp3) is 0.182. The molecule has 0 aliphatic heterocycles. The van der Waals surface area contributed by atoms with Crippen LogP contribution in [-0.4, -0.2) is 15.8 Å². The number of carbonyl (C=O) groups excluding carboxylic acids is 1. The van der Waals surface area contributed by atoms with Gasteiger partial charge < -0.3 is 0 Å². The molecule has 1 aromatic carbocycles. The Labute approximate surface area is 108 Å². The van der Waals surface area contributed by atoms with E-state index in [-0.39, 0.29) is 15.8 Å². The summed E-state index contributed by atoms with van der Waals surface area (Å²) in [5.74, 6) is 0.547. The highest BCUT2D eigenvalue weighted by Gasteiger charge is 2.11. The number of nitrogens with zero attached hydrogens (tertiary/aromatic N) is 1. The molecular weight excluding hydrogens is 262 g/mol. The van der Waals surface area contributed by atoms with E-state index >= 15 is 0 Å². The molecule has 0 aromatic heterocycles. The van der Waals surface area contributed by atoms with Gasteiger partial charge in [-0.15, -0.1) is 0 Å². The van der Waals surface area contributed by atoms with E-state index in [1.54, 1.807) is 18.2 Å². The van der Waals surface area contributed by atoms with E-state index in [0.717, 1.165) is 0 Å². The number of carbonyl (C=O) groups is 1. The van der Waals surface area contributed by atoms with Crippen molar-refractivity contribution in [2.45, 2.75) is 6.92 Å². The minimum Gasteiger partial charge on any atom is -0.288 e. The molecule has 0 aliphatic rings. The second kappa shape index (κ2) is 6.42. The van der Waals surface area contributed by atoms with Gasteiger partial charge in [-0.1, -0.05) is 41.6 Å². The van der Waals surface area contributed by atoms with Crippen molar-refractivity contribution in [1.29, 1.82) is 0 Å². The van der Waals surface area contributed by atoms with Crippen LogP contribution in [0.2, 0.25) is 5.02 Å². The van der Waals surface area contributed by atoms with E-state index < -0.39 is 4.92 Å². The van der Waals surface area contributed by atoms with Crippen molar-refractivity contribution >= 4 is 40.2 Å². The van der Waals surface area contributed by atoms with Crippen LogP contribution in [0.5, 0.6) is 0 Å². The van der Waals surface area contributed by atoms with Crippen molar-refractivity contribution in [1.82, 2.24) is 0 Å². The standard InChI is InChI=1S/C11H10ClNO3S/c1-8(14)17-6-2-3-9-4-5-10(12)11(7-9)13(15)16/h2-5,7H,6H2,1H3. The first-order valence-corrected chi connectivity index (χ1v) is 6.11. The molecule has 0 unspecified atom stereocenters. The van der Waals surface area contributed by atoms with Gasteiger partial charge in [-0.25, -0.2) is 0 Å². The topological polar surface area (TPSA) is 60.2 Å². The van der Waals surface area contributed by atoms with Crippen LogP contribution in [0, 0.1) is 10.1 Å². The van der Waals surface area contributed by atoms with Crippen molar-refractivity contribution in [2.24, 2.45) is 0 Å². The van der Waals surface area contributed by atoms with Gasteiger partial charge in [0.2, 0.25) is 0 Å². The van der Waals surface area contributed by atoms with Gasteiger partial charge in [0.25, 0.3) is 5.69 Å².